The molecule has 0 fully saturated rings. The molecule has 0 aromatic heterocycles. The zero-order chi connectivity index (χ0) is 9.78. The van der Waals surface area contributed by atoms with Crippen LogP contribution in [0.2, 0.25) is 0 Å². The lowest BCUT2D eigenvalue weighted by Crippen LogP contribution is -2.09. The highest BCUT2D eigenvalue weighted by molar-refractivity contribution is 5.87. The van der Waals surface area contributed by atoms with Crippen LogP contribution >= 0.6 is 0 Å². The molecule has 0 atom stereocenters. The molecular formula is C10H18O2. The van der Waals surface area contributed by atoms with Crippen molar-refractivity contribution in [1.82, 2.24) is 0 Å². The quantitative estimate of drug-likeness (QED) is 0.480. The third-order valence-electron chi connectivity index (χ3n) is 1.65. The smallest absolute Gasteiger partial charge is 0.333 e. The lowest BCUT2D eigenvalue weighted by molar-refractivity contribution is -0.136. The number of rotatable bonds is 3. The minimum Gasteiger partial charge on any atom is -0.466 e. The molecule has 12 heavy (non-hydrogen) atoms. The van der Waals surface area contributed by atoms with Crippen molar-refractivity contribution in [2.24, 2.45) is 5.41 Å². The third-order valence-corrected chi connectivity index (χ3v) is 1.65. The van der Waals surface area contributed by atoms with Crippen LogP contribution in [0.5, 0.6) is 0 Å². The number of methoxy groups -OCH3 is 1. The first-order valence-corrected chi connectivity index (χ1v) is 4.13. The molecule has 0 saturated heterocycles. The van der Waals surface area contributed by atoms with Gasteiger partial charge in [-0.15, -0.1) is 0 Å². The van der Waals surface area contributed by atoms with Gasteiger partial charge >= 0.3 is 5.97 Å². The Labute approximate surface area is 74.6 Å². The summed E-state index contributed by atoms with van der Waals surface area (Å²) < 4.78 is 4.54. The van der Waals surface area contributed by atoms with Gasteiger partial charge in [0.25, 0.3) is 0 Å². The van der Waals surface area contributed by atoms with Crippen LogP contribution in [0.1, 0.15) is 33.6 Å². The van der Waals surface area contributed by atoms with Gasteiger partial charge in [0.05, 0.1) is 7.11 Å². The normalized spacial score (nSPS) is 11.0. The van der Waals surface area contributed by atoms with Crippen molar-refractivity contribution in [3.8, 4) is 0 Å². The zero-order valence-electron chi connectivity index (χ0n) is 8.44. The molecule has 0 aliphatic heterocycles. The molecule has 0 aromatic rings. The van der Waals surface area contributed by atoms with E-state index in [1.165, 1.54) is 7.11 Å². The van der Waals surface area contributed by atoms with Crippen LogP contribution in [0.15, 0.2) is 12.2 Å². The second kappa shape index (κ2) is 4.29. The van der Waals surface area contributed by atoms with Crippen molar-refractivity contribution in [1.29, 1.82) is 0 Å². The van der Waals surface area contributed by atoms with Gasteiger partial charge in [0.2, 0.25) is 0 Å². The van der Waals surface area contributed by atoms with Crippen molar-refractivity contribution in [2.75, 3.05) is 7.11 Å². The van der Waals surface area contributed by atoms with Crippen molar-refractivity contribution in [3.63, 3.8) is 0 Å². The van der Waals surface area contributed by atoms with Gasteiger partial charge in [0.1, 0.15) is 0 Å². The average molecular weight is 170 g/mol. The van der Waals surface area contributed by atoms with Crippen LogP contribution in [-0.2, 0) is 9.53 Å². The minimum atomic E-state index is -0.292. The maximum Gasteiger partial charge on any atom is 0.333 e. The van der Waals surface area contributed by atoms with E-state index < -0.39 is 0 Å². The number of hydrogen-bond donors (Lipinski definition) is 0. The molecule has 0 bridgehead atoms. The Morgan fingerprint density at radius 1 is 1.42 bits per heavy atom. The molecule has 2 nitrogen and oxygen atoms in total. The molecule has 0 rings (SSSR count). The molecule has 0 aromatic carbocycles. The van der Waals surface area contributed by atoms with Crippen molar-refractivity contribution < 1.29 is 9.53 Å². The van der Waals surface area contributed by atoms with Gasteiger partial charge in [-0.2, -0.15) is 0 Å². The fraction of sp³-hybridized carbons (Fsp3) is 0.700. The lowest BCUT2D eigenvalue weighted by atomic mass is 9.89. The van der Waals surface area contributed by atoms with E-state index in [4.69, 9.17) is 0 Å². The second-order valence-corrected chi connectivity index (χ2v) is 4.16. The first-order chi connectivity index (χ1) is 5.37. The Bertz CT molecular complexity index is 175. The fourth-order valence-electron chi connectivity index (χ4n) is 0.772. The van der Waals surface area contributed by atoms with Crippen molar-refractivity contribution >= 4 is 5.97 Å². The van der Waals surface area contributed by atoms with E-state index in [0.717, 1.165) is 12.8 Å². The number of ether oxygens (including phenoxy) is 1. The van der Waals surface area contributed by atoms with E-state index in [0.29, 0.717) is 5.57 Å². The van der Waals surface area contributed by atoms with Gasteiger partial charge in [-0.25, -0.2) is 4.79 Å². The van der Waals surface area contributed by atoms with Crippen LogP contribution in [0.3, 0.4) is 0 Å². The highest BCUT2D eigenvalue weighted by atomic mass is 16.5. The molecular weight excluding hydrogens is 152 g/mol. The fourth-order valence-corrected chi connectivity index (χ4v) is 0.772. The summed E-state index contributed by atoms with van der Waals surface area (Å²) in [6, 6.07) is 0. The third kappa shape index (κ3) is 4.94. The van der Waals surface area contributed by atoms with Gasteiger partial charge in [-0.3, -0.25) is 0 Å². The Kier molecular flexibility index (Phi) is 4.01. The molecule has 0 N–H and O–H groups in total. The topological polar surface area (TPSA) is 26.3 Å². The highest BCUT2D eigenvalue weighted by Gasteiger charge is 2.13. The van der Waals surface area contributed by atoms with E-state index in [1.54, 1.807) is 0 Å². The van der Waals surface area contributed by atoms with Gasteiger partial charge in [0, 0.05) is 5.57 Å². The first kappa shape index (κ1) is 11.2. The van der Waals surface area contributed by atoms with E-state index in [-0.39, 0.29) is 11.4 Å². The summed E-state index contributed by atoms with van der Waals surface area (Å²) in [5.41, 5.74) is 0.809. The molecule has 0 aliphatic rings. The van der Waals surface area contributed by atoms with Crippen molar-refractivity contribution in [2.45, 2.75) is 33.6 Å². The second-order valence-electron chi connectivity index (χ2n) is 4.16. The minimum absolute atomic E-state index is 0.247. The SMILES string of the molecule is C=C(CCC(C)(C)C)C(=O)OC. The summed E-state index contributed by atoms with van der Waals surface area (Å²) in [5, 5.41) is 0. The van der Waals surface area contributed by atoms with Crippen molar-refractivity contribution in [3.05, 3.63) is 12.2 Å². The Balaban J connectivity index is 3.80. The average Bonchev–Trinajstić information content (AvgIpc) is 1.97. The molecule has 2 heteroatoms. The zero-order valence-corrected chi connectivity index (χ0v) is 8.44. The summed E-state index contributed by atoms with van der Waals surface area (Å²) >= 11 is 0. The van der Waals surface area contributed by atoms with Gasteiger partial charge in [0.15, 0.2) is 0 Å². The number of carbonyl (C=O) groups is 1. The molecule has 0 radical (unpaired) electrons. The summed E-state index contributed by atoms with van der Waals surface area (Å²) in [5.74, 6) is -0.292. The van der Waals surface area contributed by atoms with Crippen LogP contribution in [-0.4, -0.2) is 13.1 Å². The van der Waals surface area contributed by atoms with E-state index >= 15 is 0 Å². The molecule has 0 unspecified atom stereocenters. The monoisotopic (exact) mass is 170 g/mol. The number of carbonyl (C=O) groups excluding carboxylic acids is 1. The van der Waals surface area contributed by atoms with Crippen LogP contribution in [0.4, 0.5) is 0 Å². The summed E-state index contributed by atoms with van der Waals surface area (Å²) in [7, 11) is 1.38. The first-order valence-electron chi connectivity index (χ1n) is 4.13. The maximum atomic E-state index is 10.9. The molecule has 0 heterocycles. The maximum absolute atomic E-state index is 10.9. The Hall–Kier alpha value is -0.790. The van der Waals surface area contributed by atoms with Gasteiger partial charge < -0.3 is 4.74 Å². The number of esters is 1. The largest absolute Gasteiger partial charge is 0.466 e. The highest BCUT2D eigenvalue weighted by Crippen LogP contribution is 2.22. The lowest BCUT2D eigenvalue weighted by Gasteiger charge is -2.17. The molecule has 0 spiro atoms. The van der Waals surface area contributed by atoms with Gasteiger partial charge in [-0.05, 0) is 18.3 Å². The van der Waals surface area contributed by atoms with E-state index in [1.807, 2.05) is 0 Å². The number of hydrogen-bond acceptors (Lipinski definition) is 2. The van der Waals surface area contributed by atoms with Crippen LogP contribution in [0, 0.1) is 5.41 Å². The van der Waals surface area contributed by atoms with E-state index in [2.05, 4.69) is 32.1 Å². The molecule has 0 aliphatic carbocycles. The van der Waals surface area contributed by atoms with E-state index in [9.17, 15) is 4.79 Å². The predicted molar refractivity (Wildman–Crippen MR) is 49.8 cm³/mol. The summed E-state index contributed by atoms with van der Waals surface area (Å²) in [4.78, 5) is 10.9. The molecule has 70 valence electrons. The Morgan fingerprint density at radius 3 is 2.25 bits per heavy atom. The standard InChI is InChI=1S/C10H18O2/c1-8(9(11)12-5)6-7-10(2,3)4/h1,6-7H2,2-5H3. The molecule has 0 saturated carbocycles. The molecule has 0 amide bonds. The Morgan fingerprint density at radius 2 is 1.92 bits per heavy atom. The predicted octanol–water partition coefficient (Wildman–Crippen LogP) is 2.54. The summed E-state index contributed by atoms with van der Waals surface area (Å²) in [6.45, 7) is 10.1. The summed E-state index contributed by atoms with van der Waals surface area (Å²) in [6.07, 6.45) is 1.68. The van der Waals surface area contributed by atoms with Crippen LogP contribution < -0.4 is 0 Å². The van der Waals surface area contributed by atoms with Crippen LogP contribution in [0.25, 0.3) is 0 Å². The van der Waals surface area contributed by atoms with Gasteiger partial charge in [-0.1, -0.05) is 27.4 Å².